The zero-order valence-corrected chi connectivity index (χ0v) is 33.0. The van der Waals surface area contributed by atoms with Gasteiger partial charge in [-0.1, -0.05) is 194 Å². The van der Waals surface area contributed by atoms with Crippen LogP contribution in [0.1, 0.15) is 22.3 Å². The molecule has 0 radical (unpaired) electrons. The van der Waals surface area contributed by atoms with E-state index in [1.165, 1.54) is 91.9 Å². The normalized spacial score (nSPS) is 12.9. The molecule has 0 amide bonds. The summed E-state index contributed by atoms with van der Waals surface area (Å²) in [6.07, 6.45) is 0. The second-order valence-corrected chi connectivity index (χ2v) is 16.6. The summed E-state index contributed by atoms with van der Waals surface area (Å²) < 4.78 is 2.61. The molecule has 59 heavy (non-hydrogen) atoms. The predicted octanol–water partition coefficient (Wildman–Crippen LogP) is 15.9. The van der Waals surface area contributed by atoms with E-state index >= 15 is 0 Å². The van der Waals surface area contributed by atoms with Gasteiger partial charge in [-0.25, -0.2) is 0 Å². The molecule has 0 spiro atoms. The molecule has 1 aliphatic carbocycles. The molecular formula is C57H37NS. The third kappa shape index (κ3) is 5.10. The molecule has 0 N–H and O–H groups in total. The number of hydrogen-bond donors (Lipinski definition) is 0. The fourth-order valence-electron chi connectivity index (χ4n) is 9.94. The SMILES string of the molecule is c1ccc(-c2ccc(N(c3ccc(C4(c5ccccc5)c5ccccc5-c5ccccc54)cc3)c3cccc4c3sc3c4ccc4ccc5ccccc5c43)cc2)cc1. The summed E-state index contributed by atoms with van der Waals surface area (Å²) >= 11 is 1.91. The summed E-state index contributed by atoms with van der Waals surface area (Å²) in [5.74, 6) is 0. The van der Waals surface area contributed by atoms with Crippen molar-refractivity contribution in [3.05, 3.63) is 247 Å². The van der Waals surface area contributed by atoms with Crippen molar-refractivity contribution in [2.45, 2.75) is 5.41 Å². The molecule has 11 aromatic rings. The highest BCUT2D eigenvalue weighted by Gasteiger charge is 2.45. The van der Waals surface area contributed by atoms with Crippen molar-refractivity contribution >= 4 is 70.1 Å². The van der Waals surface area contributed by atoms with E-state index in [0.29, 0.717) is 0 Å². The van der Waals surface area contributed by atoms with Crippen LogP contribution >= 0.6 is 11.3 Å². The van der Waals surface area contributed by atoms with Crippen LogP contribution in [0.3, 0.4) is 0 Å². The van der Waals surface area contributed by atoms with E-state index in [2.05, 4.69) is 229 Å². The Morgan fingerprint density at radius 3 is 1.59 bits per heavy atom. The predicted molar refractivity (Wildman–Crippen MR) is 252 cm³/mol. The lowest BCUT2D eigenvalue weighted by molar-refractivity contribution is 0.768. The molecule has 0 atom stereocenters. The van der Waals surface area contributed by atoms with Gasteiger partial charge in [-0.2, -0.15) is 0 Å². The molecule has 0 fully saturated rings. The van der Waals surface area contributed by atoms with Crippen molar-refractivity contribution in [3.8, 4) is 22.3 Å². The van der Waals surface area contributed by atoms with Crippen LogP contribution in [-0.4, -0.2) is 0 Å². The average molecular weight is 768 g/mol. The first-order valence-corrected chi connectivity index (χ1v) is 21.2. The summed E-state index contributed by atoms with van der Waals surface area (Å²) in [7, 11) is 0. The fraction of sp³-hybridized carbons (Fsp3) is 0.0175. The van der Waals surface area contributed by atoms with Crippen LogP contribution in [0.15, 0.2) is 224 Å². The van der Waals surface area contributed by atoms with E-state index in [9.17, 15) is 0 Å². The highest BCUT2D eigenvalue weighted by Crippen LogP contribution is 2.56. The summed E-state index contributed by atoms with van der Waals surface area (Å²) in [4.78, 5) is 2.46. The Morgan fingerprint density at radius 1 is 0.339 bits per heavy atom. The molecule has 0 saturated carbocycles. The zero-order chi connectivity index (χ0) is 38.9. The Balaban J connectivity index is 1.08. The Labute approximate surface area is 347 Å². The van der Waals surface area contributed by atoms with Gasteiger partial charge in [0.15, 0.2) is 0 Å². The molecule has 2 heteroatoms. The Hall–Kier alpha value is -7.26. The van der Waals surface area contributed by atoms with Crippen molar-refractivity contribution < 1.29 is 0 Å². The summed E-state index contributed by atoms with van der Waals surface area (Å²) in [5, 5.41) is 7.76. The van der Waals surface area contributed by atoms with Crippen LogP contribution in [-0.2, 0) is 5.41 Å². The van der Waals surface area contributed by atoms with Crippen molar-refractivity contribution in [2.24, 2.45) is 0 Å². The van der Waals surface area contributed by atoms with E-state index in [1.807, 2.05) is 11.3 Å². The number of rotatable bonds is 6. The van der Waals surface area contributed by atoms with Crippen LogP contribution in [0.4, 0.5) is 17.1 Å². The maximum absolute atomic E-state index is 2.46. The Kier molecular flexibility index (Phi) is 7.69. The highest BCUT2D eigenvalue weighted by atomic mass is 32.1. The minimum absolute atomic E-state index is 0.454. The van der Waals surface area contributed by atoms with Gasteiger partial charge in [0.1, 0.15) is 0 Å². The standard InChI is InChI=1S/C57H37NS/c1-3-14-38(15-4-1)39-28-33-44(34-29-39)58(53-25-13-22-49-50-37-30-41-27-26-40-16-7-8-19-46(40)54(41)56(50)59-55(49)53)45-35-31-43(32-36-45)57(42-17-5-2-6-18-42)51-23-11-9-20-47(51)48-21-10-12-24-52(48)57/h1-37H. The van der Waals surface area contributed by atoms with E-state index in [0.717, 1.165) is 11.4 Å². The van der Waals surface area contributed by atoms with Crippen molar-refractivity contribution in [1.82, 2.24) is 0 Å². The summed E-state index contributed by atoms with van der Waals surface area (Å²) in [5.41, 5.74) is 13.1. The van der Waals surface area contributed by atoms with Crippen LogP contribution in [0.5, 0.6) is 0 Å². The van der Waals surface area contributed by atoms with Gasteiger partial charge < -0.3 is 4.90 Å². The second-order valence-electron chi connectivity index (χ2n) is 15.6. The van der Waals surface area contributed by atoms with E-state index in [1.54, 1.807) is 0 Å². The maximum atomic E-state index is 2.46. The molecule has 0 bridgehead atoms. The van der Waals surface area contributed by atoms with E-state index < -0.39 is 5.41 Å². The molecule has 0 saturated heterocycles. The summed E-state index contributed by atoms with van der Waals surface area (Å²) in [6.45, 7) is 0. The van der Waals surface area contributed by atoms with Crippen LogP contribution in [0.25, 0.3) is 64.0 Å². The number of hydrogen-bond acceptors (Lipinski definition) is 2. The van der Waals surface area contributed by atoms with Gasteiger partial charge in [-0.05, 0) is 91.0 Å². The van der Waals surface area contributed by atoms with Gasteiger partial charge in [-0.3, -0.25) is 0 Å². The first-order chi connectivity index (χ1) is 29.3. The highest BCUT2D eigenvalue weighted by molar-refractivity contribution is 7.27. The monoisotopic (exact) mass is 767 g/mol. The van der Waals surface area contributed by atoms with Gasteiger partial charge in [0, 0.05) is 32.2 Å². The largest absolute Gasteiger partial charge is 0.309 e. The fourth-order valence-corrected chi connectivity index (χ4v) is 11.3. The third-order valence-electron chi connectivity index (χ3n) is 12.5. The first kappa shape index (κ1) is 33.8. The number of fused-ring (bicyclic) bond motifs is 10. The maximum Gasteiger partial charge on any atom is 0.0713 e. The van der Waals surface area contributed by atoms with Gasteiger partial charge in [0.05, 0.1) is 15.8 Å². The molecule has 1 heterocycles. The smallest absolute Gasteiger partial charge is 0.0713 e. The molecule has 1 aliphatic rings. The second kappa shape index (κ2) is 13.4. The molecule has 276 valence electrons. The van der Waals surface area contributed by atoms with Crippen LogP contribution in [0, 0.1) is 0 Å². The molecule has 0 aliphatic heterocycles. The van der Waals surface area contributed by atoms with Crippen molar-refractivity contribution in [1.29, 1.82) is 0 Å². The minimum atomic E-state index is -0.454. The minimum Gasteiger partial charge on any atom is -0.309 e. The Morgan fingerprint density at radius 2 is 0.864 bits per heavy atom. The summed E-state index contributed by atoms with van der Waals surface area (Å²) in [6, 6.07) is 82.9. The first-order valence-electron chi connectivity index (χ1n) is 20.3. The Bertz CT molecular complexity index is 3320. The lowest BCUT2D eigenvalue weighted by atomic mass is 9.68. The van der Waals surface area contributed by atoms with E-state index in [-0.39, 0.29) is 0 Å². The lowest BCUT2D eigenvalue weighted by Gasteiger charge is -2.34. The molecule has 10 aromatic carbocycles. The number of nitrogens with zero attached hydrogens (tertiary/aromatic N) is 1. The van der Waals surface area contributed by atoms with Crippen molar-refractivity contribution in [3.63, 3.8) is 0 Å². The van der Waals surface area contributed by atoms with E-state index in [4.69, 9.17) is 0 Å². The molecule has 1 aromatic heterocycles. The quantitative estimate of drug-likeness (QED) is 0.152. The van der Waals surface area contributed by atoms with Crippen LogP contribution < -0.4 is 4.90 Å². The lowest BCUT2D eigenvalue weighted by Crippen LogP contribution is -2.28. The van der Waals surface area contributed by atoms with Crippen LogP contribution in [0.2, 0.25) is 0 Å². The topological polar surface area (TPSA) is 3.24 Å². The molecule has 12 rings (SSSR count). The number of anilines is 3. The van der Waals surface area contributed by atoms with Gasteiger partial charge in [0.2, 0.25) is 0 Å². The average Bonchev–Trinajstić information content (AvgIpc) is 3.85. The van der Waals surface area contributed by atoms with Gasteiger partial charge in [0.25, 0.3) is 0 Å². The third-order valence-corrected chi connectivity index (χ3v) is 13.8. The van der Waals surface area contributed by atoms with Gasteiger partial charge >= 0.3 is 0 Å². The number of benzene rings is 10. The molecular weight excluding hydrogens is 731 g/mol. The van der Waals surface area contributed by atoms with Crippen molar-refractivity contribution in [2.75, 3.05) is 4.90 Å². The zero-order valence-electron chi connectivity index (χ0n) is 32.2. The number of thiophene rings is 1. The molecule has 0 unspecified atom stereocenters. The molecule has 1 nitrogen and oxygen atoms in total. The van der Waals surface area contributed by atoms with Gasteiger partial charge in [-0.15, -0.1) is 11.3 Å².